The van der Waals surface area contributed by atoms with Crippen LogP contribution in [0.15, 0.2) is 70.2 Å². The molecule has 0 saturated carbocycles. The summed E-state index contributed by atoms with van der Waals surface area (Å²) in [6.45, 7) is 2.17. The Kier molecular flexibility index (Phi) is 7.17. The topological polar surface area (TPSA) is 71.8 Å². The molecule has 7 heteroatoms. The Morgan fingerprint density at radius 2 is 1.75 bits per heavy atom. The van der Waals surface area contributed by atoms with Gasteiger partial charge in [-0.1, -0.05) is 12.1 Å². The van der Waals surface area contributed by atoms with Gasteiger partial charge in [0.05, 0.1) is 24.7 Å². The Hall–Kier alpha value is -3.19. The highest BCUT2D eigenvalue weighted by Crippen LogP contribution is 2.29. The molecule has 4 rings (SSSR count). The van der Waals surface area contributed by atoms with Crippen molar-refractivity contribution in [2.45, 2.75) is 29.9 Å². The largest absolute Gasteiger partial charge is 0.468 e. The highest BCUT2D eigenvalue weighted by atomic mass is 32.2. The predicted molar refractivity (Wildman–Crippen MR) is 127 cm³/mol. The monoisotopic (exact) mass is 450 g/mol. The molecule has 1 fully saturated rings. The van der Waals surface area contributed by atoms with Crippen LogP contribution in [-0.4, -0.2) is 32.1 Å². The van der Waals surface area contributed by atoms with Gasteiger partial charge in [-0.25, -0.2) is 4.79 Å². The smallest absolute Gasteiger partial charge is 0.341 e. The number of anilines is 2. The molecule has 2 heterocycles. The summed E-state index contributed by atoms with van der Waals surface area (Å²) in [5, 5.41) is 2.99. The van der Waals surface area contributed by atoms with Gasteiger partial charge in [-0.05, 0) is 61.7 Å². The Morgan fingerprint density at radius 3 is 2.50 bits per heavy atom. The maximum absolute atomic E-state index is 13.0. The molecule has 0 atom stereocenters. The van der Waals surface area contributed by atoms with E-state index in [4.69, 9.17) is 9.15 Å². The third-order valence-electron chi connectivity index (χ3n) is 5.49. The number of esters is 1. The third kappa shape index (κ3) is 5.16. The number of hydrogen-bond donors (Lipinski definition) is 1. The number of carbonyl (C=O) groups excluding carboxylic acids is 2. The molecule has 1 N–H and O–H groups in total. The van der Waals surface area contributed by atoms with Crippen LogP contribution in [0.4, 0.5) is 11.4 Å². The fourth-order valence-electron chi connectivity index (χ4n) is 3.77. The van der Waals surface area contributed by atoms with Crippen molar-refractivity contribution in [1.29, 1.82) is 0 Å². The minimum atomic E-state index is -0.437. The average Bonchev–Trinajstić information content (AvgIpc) is 3.32. The number of nitrogens with one attached hydrogen (secondary N) is 1. The third-order valence-corrected chi connectivity index (χ3v) is 6.56. The van der Waals surface area contributed by atoms with Crippen LogP contribution in [0.3, 0.4) is 0 Å². The lowest BCUT2D eigenvalue weighted by Gasteiger charge is -2.28. The second-order valence-corrected chi connectivity index (χ2v) is 8.60. The second kappa shape index (κ2) is 10.4. The van der Waals surface area contributed by atoms with Gasteiger partial charge >= 0.3 is 5.97 Å². The standard InChI is InChI=1S/C25H26N2O4S/c1-30-25(29)20-13-16-31-22(20)17-32-23-8-4-3-7-21(23)24(28)26-18-9-11-19(12-10-18)27-14-5-2-6-15-27/h3-4,7-13,16H,2,5-6,14-15,17H2,1H3,(H,26,28). The number of rotatable bonds is 7. The minimum Gasteiger partial charge on any atom is -0.468 e. The van der Waals surface area contributed by atoms with Crippen molar-refractivity contribution in [1.82, 2.24) is 0 Å². The van der Waals surface area contributed by atoms with Crippen molar-refractivity contribution in [2.24, 2.45) is 0 Å². The SMILES string of the molecule is COC(=O)c1ccoc1CSc1ccccc1C(=O)Nc1ccc(N2CCCCC2)cc1. The van der Waals surface area contributed by atoms with E-state index in [2.05, 4.69) is 22.3 Å². The molecule has 3 aromatic rings. The van der Waals surface area contributed by atoms with Crippen LogP contribution in [0.25, 0.3) is 0 Å². The van der Waals surface area contributed by atoms with Gasteiger partial charge in [0.1, 0.15) is 11.3 Å². The Balaban J connectivity index is 1.42. The number of hydrogen-bond acceptors (Lipinski definition) is 6. The number of benzene rings is 2. The maximum atomic E-state index is 13.0. The number of furan rings is 1. The van der Waals surface area contributed by atoms with Gasteiger partial charge in [-0.2, -0.15) is 0 Å². The first-order valence-electron chi connectivity index (χ1n) is 10.7. The number of thioether (sulfide) groups is 1. The molecule has 1 aromatic heterocycles. The molecule has 32 heavy (non-hydrogen) atoms. The summed E-state index contributed by atoms with van der Waals surface area (Å²) >= 11 is 1.44. The number of methoxy groups -OCH3 is 1. The number of nitrogens with zero attached hydrogens (tertiary/aromatic N) is 1. The molecule has 0 bridgehead atoms. The van der Waals surface area contributed by atoms with Crippen LogP contribution in [0, 0.1) is 0 Å². The molecular weight excluding hydrogens is 424 g/mol. The number of piperidine rings is 1. The molecule has 1 saturated heterocycles. The molecule has 0 aliphatic carbocycles. The van der Waals surface area contributed by atoms with E-state index in [0.717, 1.165) is 23.7 Å². The van der Waals surface area contributed by atoms with E-state index in [0.29, 0.717) is 22.6 Å². The van der Waals surface area contributed by atoms with Crippen molar-refractivity contribution < 1.29 is 18.7 Å². The van der Waals surface area contributed by atoms with Gasteiger partial charge in [0.25, 0.3) is 5.91 Å². The summed E-state index contributed by atoms with van der Waals surface area (Å²) in [7, 11) is 1.34. The normalized spacial score (nSPS) is 13.6. The molecule has 1 aliphatic rings. The van der Waals surface area contributed by atoms with Gasteiger partial charge in [0, 0.05) is 29.4 Å². The molecule has 0 unspecified atom stereocenters. The maximum Gasteiger partial charge on any atom is 0.341 e. The van der Waals surface area contributed by atoms with E-state index in [1.165, 1.54) is 50.1 Å². The molecular formula is C25H26N2O4S. The molecule has 1 amide bonds. The van der Waals surface area contributed by atoms with Crippen LogP contribution < -0.4 is 10.2 Å². The Morgan fingerprint density at radius 1 is 1.00 bits per heavy atom. The number of amides is 1. The van der Waals surface area contributed by atoms with E-state index in [1.54, 1.807) is 12.1 Å². The highest BCUT2D eigenvalue weighted by Gasteiger charge is 2.18. The quantitative estimate of drug-likeness (QED) is 0.373. The highest BCUT2D eigenvalue weighted by molar-refractivity contribution is 7.98. The Labute approximate surface area is 191 Å². The lowest BCUT2D eigenvalue weighted by molar-refractivity contribution is 0.0598. The molecule has 6 nitrogen and oxygen atoms in total. The molecule has 2 aromatic carbocycles. The first-order chi connectivity index (χ1) is 15.7. The van der Waals surface area contributed by atoms with Crippen LogP contribution in [0.1, 0.15) is 45.7 Å². The first-order valence-corrected chi connectivity index (χ1v) is 11.7. The molecule has 0 radical (unpaired) electrons. The van der Waals surface area contributed by atoms with Crippen LogP contribution in [0.5, 0.6) is 0 Å². The van der Waals surface area contributed by atoms with Gasteiger partial charge in [-0.15, -0.1) is 11.8 Å². The van der Waals surface area contributed by atoms with E-state index >= 15 is 0 Å². The molecule has 166 valence electrons. The van der Waals surface area contributed by atoms with Crippen LogP contribution in [-0.2, 0) is 10.5 Å². The molecule has 0 spiro atoms. The minimum absolute atomic E-state index is 0.175. The van der Waals surface area contributed by atoms with Gasteiger partial charge < -0.3 is 19.4 Å². The number of ether oxygens (including phenoxy) is 1. The summed E-state index contributed by atoms with van der Waals surface area (Å²) in [4.78, 5) is 28.0. The second-order valence-electron chi connectivity index (χ2n) is 7.58. The first kappa shape index (κ1) is 22.0. The van der Waals surface area contributed by atoms with E-state index in [1.807, 2.05) is 30.3 Å². The summed E-state index contributed by atoms with van der Waals surface area (Å²) < 4.78 is 10.2. The summed E-state index contributed by atoms with van der Waals surface area (Å²) in [6.07, 6.45) is 5.22. The van der Waals surface area contributed by atoms with Crippen molar-refractivity contribution in [3.63, 3.8) is 0 Å². The lowest BCUT2D eigenvalue weighted by atomic mass is 10.1. The number of carbonyl (C=O) groups is 2. The Bertz CT molecular complexity index is 1070. The summed E-state index contributed by atoms with van der Waals surface area (Å²) in [5.41, 5.74) is 2.92. The fourth-order valence-corrected chi connectivity index (χ4v) is 4.77. The van der Waals surface area contributed by atoms with Gasteiger partial charge in [0.2, 0.25) is 0 Å². The van der Waals surface area contributed by atoms with E-state index < -0.39 is 5.97 Å². The van der Waals surface area contributed by atoms with Crippen LogP contribution in [0.2, 0.25) is 0 Å². The van der Waals surface area contributed by atoms with Gasteiger partial charge in [0.15, 0.2) is 0 Å². The van der Waals surface area contributed by atoms with E-state index in [9.17, 15) is 9.59 Å². The van der Waals surface area contributed by atoms with E-state index in [-0.39, 0.29) is 5.91 Å². The summed E-state index contributed by atoms with van der Waals surface area (Å²) in [5.74, 6) is 0.317. The van der Waals surface area contributed by atoms with Crippen molar-refractivity contribution in [3.05, 3.63) is 77.7 Å². The van der Waals surface area contributed by atoms with Crippen molar-refractivity contribution in [3.8, 4) is 0 Å². The van der Waals surface area contributed by atoms with Crippen LogP contribution >= 0.6 is 11.8 Å². The summed E-state index contributed by atoms with van der Waals surface area (Å²) in [6, 6.07) is 17.0. The average molecular weight is 451 g/mol. The predicted octanol–water partition coefficient (Wildman–Crippen LogP) is 5.60. The molecule has 1 aliphatic heterocycles. The van der Waals surface area contributed by atoms with Gasteiger partial charge in [-0.3, -0.25) is 4.79 Å². The zero-order chi connectivity index (χ0) is 22.3. The fraction of sp³-hybridized carbons (Fsp3) is 0.280. The zero-order valence-corrected chi connectivity index (χ0v) is 18.8. The lowest BCUT2D eigenvalue weighted by Crippen LogP contribution is -2.29. The zero-order valence-electron chi connectivity index (χ0n) is 18.0. The van der Waals surface area contributed by atoms with Crippen molar-refractivity contribution >= 4 is 35.0 Å². The van der Waals surface area contributed by atoms with Crippen molar-refractivity contribution in [2.75, 3.05) is 30.4 Å².